The molecule has 15 heavy (non-hydrogen) atoms. The van der Waals surface area contributed by atoms with Crippen LogP contribution in [0.4, 0.5) is 13.2 Å². The number of alkyl halides is 3. The SMILES string of the molecule is CSc1ccc(C(=O)[O-])c(C(F)(F)F)n1. The summed E-state index contributed by atoms with van der Waals surface area (Å²) in [6, 6.07) is 2.04. The van der Waals surface area contributed by atoms with Gasteiger partial charge in [0.15, 0.2) is 5.69 Å². The number of carboxylic acids is 1. The highest BCUT2D eigenvalue weighted by molar-refractivity contribution is 7.98. The molecule has 0 amide bonds. The second-order valence-electron chi connectivity index (χ2n) is 2.53. The molecule has 3 nitrogen and oxygen atoms in total. The molecule has 1 aromatic heterocycles. The number of hydrogen-bond donors (Lipinski definition) is 0. The van der Waals surface area contributed by atoms with Crippen molar-refractivity contribution in [2.24, 2.45) is 0 Å². The van der Waals surface area contributed by atoms with E-state index in [1.165, 1.54) is 6.07 Å². The molecule has 0 aliphatic rings. The van der Waals surface area contributed by atoms with Crippen molar-refractivity contribution in [2.75, 3.05) is 6.26 Å². The maximum Gasteiger partial charge on any atom is 0.434 e. The first-order chi connectivity index (χ1) is 6.86. The standard InChI is InChI=1S/C8H6F3NO2S/c1-15-5-3-2-4(7(13)14)6(12-5)8(9,10)11/h2-3H,1H3,(H,13,14)/p-1. The number of aromatic carboxylic acids is 1. The monoisotopic (exact) mass is 236 g/mol. The number of carbonyl (C=O) groups excluding carboxylic acids is 1. The Hall–Kier alpha value is -1.24. The summed E-state index contributed by atoms with van der Waals surface area (Å²) in [6.07, 6.45) is -3.25. The minimum absolute atomic E-state index is 0.104. The summed E-state index contributed by atoms with van der Waals surface area (Å²) in [7, 11) is 0. The molecular formula is C8H5F3NO2S-. The van der Waals surface area contributed by atoms with Gasteiger partial charge < -0.3 is 9.90 Å². The maximum atomic E-state index is 12.4. The lowest BCUT2D eigenvalue weighted by atomic mass is 10.2. The van der Waals surface area contributed by atoms with E-state index in [4.69, 9.17) is 0 Å². The normalized spacial score (nSPS) is 11.5. The van der Waals surface area contributed by atoms with Crippen LogP contribution in [0, 0.1) is 0 Å². The number of carbonyl (C=O) groups is 1. The predicted molar refractivity (Wildman–Crippen MR) is 45.4 cm³/mol. The molecule has 0 fully saturated rings. The topological polar surface area (TPSA) is 53.0 Å². The number of halogens is 3. The van der Waals surface area contributed by atoms with Crippen LogP contribution in [-0.4, -0.2) is 17.2 Å². The van der Waals surface area contributed by atoms with Crippen molar-refractivity contribution >= 4 is 17.7 Å². The van der Waals surface area contributed by atoms with E-state index in [0.29, 0.717) is 0 Å². The second-order valence-corrected chi connectivity index (χ2v) is 3.36. The highest BCUT2D eigenvalue weighted by Crippen LogP contribution is 2.31. The molecule has 0 unspecified atom stereocenters. The third-order valence-electron chi connectivity index (χ3n) is 1.57. The molecule has 0 atom stereocenters. The highest BCUT2D eigenvalue weighted by Gasteiger charge is 2.35. The Morgan fingerprint density at radius 2 is 2.07 bits per heavy atom. The number of nitrogens with zero attached hydrogens (tertiary/aromatic N) is 1. The van der Waals surface area contributed by atoms with Gasteiger partial charge in [0.1, 0.15) is 0 Å². The van der Waals surface area contributed by atoms with E-state index in [0.717, 1.165) is 17.8 Å². The molecule has 82 valence electrons. The maximum absolute atomic E-state index is 12.4. The molecule has 0 aliphatic carbocycles. The van der Waals surface area contributed by atoms with Gasteiger partial charge in [-0.15, -0.1) is 11.8 Å². The first-order valence-corrected chi connectivity index (χ1v) is 4.92. The Kier molecular flexibility index (Phi) is 3.23. The van der Waals surface area contributed by atoms with E-state index >= 15 is 0 Å². The first kappa shape index (κ1) is 11.8. The van der Waals surface area contributed by atoms with Crippen molar-refractivity contribution in [3.8, 4) is 0 Å². The zero-order valence-electron chi connectivity index (χ0n) is 7.46. The van der Waals surface area contributed by atoms with Crippen molar-refractivity contribution in [2.45, 2.75) is 11.2 Å². The molecule has 0 N–H and O–H groups in total. The van der Waals surface area contributed by atoms with E-state index in [-0.39, 0.29) is 5.03 Å². The van der Waals surface area contributed by atoms with Gasteiger partial charge in [0, 0.05) is 5.56 Å². The summed E-state index contributed by atoms with van der Waals surface area (Å²) in [4.78, 5) is 13.6. The quantitative estimate of drug-likeness (QED) is 0.724. The van der Waals surface area contributed by atoms with Crippen LogP contribution < -0.4 is 5.11 Å². The molecule has 0 aromatic carbocycles. The molecule has 0 radical (unpaired) electrons. The summed E-state index contributed by atoms with van der Waals surface area (Å²) in [5, 5.41) is 10.5. The van der Waals surface area contributed by atoms with Gasteiger partial charge in [-0.1, -0.05) is 0 Å². The second kappa shape index (κ2) is 4.09. The van der Waals surface area contributed by atoms with Crippen molar-refractivity contribution in [3.63, 3.8) is 0 Å². The smallest absolute Gasteiger partial charge is 0.434 e. The lowest BCUT2D eigenvalue weighted by molar-refractivity contribution is -0.255. The molecule has 0 saturated carbocycles. The van der Waals surface area contributed by atoms with E-state index in [1.807, 2.05) is 0 Å². The molecule has 1 rings (SSSR count). The lowest BCUT2D eigenvalue weighted by Crippen LogP contribution is -2.27. The Balaban J connectivity index is 3.36. The molecule has 1 aromatic rings. The average Bonchev–Trinajstić information content (AvgIpc) is 2.15. The summed E-state index contributed by atoms with van der Waals surface area (Å²) >= 11 is 0.995. The Labute approximate surface area is 87.3 Å². The molecule has 0 aliphatic heterocycles. The fourth-order valence-corrected chi connectivity index (χ4v) is 1.32. The van der Waals surface area contributed by atoms with Crippen LogP contribution in [0.15, 0.2) is 17.2 Å². The summed E-state index contributed by atoms with van der Waals surface area (Å²) in [5.74, 6) is -1.89. The fraction of sp³-hybridized carbons (Fsp3) is 0.250. The minimum Gasteiger partial charge on any atom is -0.545 e. The highest BCUT2D eigenvalue weighted by atomic mass is 32.2. The van der Waals surface area contributed by atoms with Crippen LogP contribution in [0.2, 0.25) is 0 Å². The van der Waals surface area contributed by atoms with E-state index in [2.05, 4.69) is 4.98 Å². The van der Waals surface area contributed by atoms with E-state index in [9.17, 15) is 23.1 Å². The van der Waals surface area contributed by atoms with Crippen LogP contribution in [0.25, 0.3) is 0 Å². The molecule has 0 bridgehead atoms. The fourth-order valence-electron chi connectivity index (χ4n) is 0.936. The summed E-state index contributed by atoms with van der Waals surface area (Å²) in [6.45, 7) is 0. The van der Waals surface area contributed by atoms with Gasteiger partial charge in [-0.2, -0.15) is 13.2 Å². The van der Waals surface area contributed by atoms with Gasteiger partial charge in [-0.3, -0.25) is 0 Å². The van der Waals surface area contributed by atoms with Crippen LogP contribution in [0.5, 0.6) is 0 Å². The average molecular weight is 236 g/mol. The number of hydrogen-bond acceptors (Lipinski definition) is 4. The van der Waals surface area contributed by atoms with Gasteiger partial charge in [0.2, 0.25) is 0 Å². The molecule has 0 spiro atoms. The van der Waals surface area contributed by atoms with Gasteiger partial charge in [0.25, 0.3) is 0 Å². The van der Waals surface area contributed by atoms with Gasteiger partial charge >= 0.3 is 6.18 Å². The van der Waals surface area contributed by atoms with Gasteiger partial charge in [0.05, 0.1) is 11.0 Å². The number of carboxylic acid groups (broad SMARTS) is 1. The number of thioether (sulfide) groups is 1. The molecule has 0 saturated heterocycles. The summed E-state index contributed by atoms with van der Waals surface area (Å²) < 4.78 is 37.1. The third kappa shape index (κ3) is 2.62. The third-order valence-corrected chi connectivity index (χ3v) is 2.21. The summed E-state index contributed by atoms with van der Waals surface area (Å²) in [5.41, 5.74) is -2.37. The Morgan fingerprint density at radius 1 is 1.47 bits per heavy atom. The van der Waals surface area contributed by atoms with E-state index in [1.54, 1.807) is 6.26 Å². The number of pyridine rings is 1. The van der Waals surface area contributed by atoms with Crippen LogP contribution in [0.3, 0.4) is 0 Å². The van der Waals surface area contributed by atoms with Crippen molar-refractivity contribution in [1.29, 1.82) is 0 Å². The van der Waals surface area contributed by atoms with Gasteiger partial charge in [-0.05, 0) is 18.4 Å². The first-order valence-electron chi connectivity index (χ1n) is 3.70. The van der Waals surface area contributed by atoms with Crippen LogP contribution in [-0.2, 0) is 6.18 Å². The molecule has 7 heteroatoms. The Morgan fingerprint density at radius 3 is 2.47 bits per heavy atom. The predicted octanol–water partition coefficient (Wildman–Crippen LogP) is 1.19. The van der Waals surface area contributed by atoms with Crippen molar-refractivity contribution < 1.29 is 23.1 Å². The molecule has 1 heterocycles. The van der Waals surface area contributed by atoms with E-state index < -0.39 is 23.4 Å². The lowest BCUT2D eigenvalue weighted by Gasteiger charge is -2.12. The number of aromatic nitrogens is 1. The minimum atomic E-state index is -4.79. The zero-order valence-corrected chi connectivity index (χ0v) is 8.28. The van der Waals surface area contributed by atoms with Crippen molar-refractivity contribution in [1.82, 2.24) is 4.98 Å². The zero-order chi connectivity index (χ0) is 11.6. The van der Waals surface area contributed by atoms with Crippen molar-refractivity contribution in [3.05, 3.63) is 23.4 Å². The van der Waals surface area contributed by atoms with Gasteiger partial charge in [-0.25, -0.2) is 4.98 Å². The van der Waals surface area contributed by atoms with Crippen LogP contribution >= 0.6 is 11.8 Å². The molecular weight excluding hydrogens is 231 g/mol. The van der Waals surface area contributed by atoms with Crippen LogP contribution in [0.1, 0.15) is 16.1 Å². The Bertz CT molecular complexity index is 392. The largest absolute Gasteiger partial charge is 0.545 e. The number of rotatable bonds is 2.